The molecule has 0 spiro atoms. The molecular weight excluding hydrogens is 390 g/mol. The first-order valence-corrected chi connectivity index (χ1v) is 11.0. The highest BCUT2D eigenvalue weighted by atomic mass is 16.6. The van der Waals surface area contributed by atoms with Gasteiger partial charge in [0.05, 0.1) is 6.07 Å². The third-order valence-electron chi connectivity index (χ3n) is 6.79. The van der Waals surface area contributed by atoms with E-state index in [1.54, 1.807) is 9.80 Å². The quantitative estimate of drug-likeness (QED) is 0.762. The van der Waals surface area contributed by atoms with E-state index >= 15 is 0 Å². The van der Waals surface area contributed by atoms with Crippen LogP contribution in [0.4, 0.5) is 4.79 Å². The van der Waals surface area contributed by atoms with E-state index in [2.05, 4.69) is 30.3 Å². The molecule has 0 aromatic heterocycles. The lowest BCUT2D eigenvalue weighted by molar-refractivity contribution is -0.135. The summed E-state index contributed by atoms with van der Waals surface area (Å²) in [5, 5.41) is 9.32. The van der Waals surface area contributed by atoms with Gasteiger partial charge in [0.25, 0.3) is 0 Å². The Labute approximate surface area is 182 Å². The molecule has 158 valence electrons. The van der Waals surface area contributed by atoms with Crippen LogP contribution in [0.3, 0.4) is 0 Å². The highest BCUT2D eigenvalue weighted by molar-refractivity contribution is 5.87. The molecule has 0 bridgehead atoms. The molecule has 31 heavy (non-hydrogen) atoms. The molecule has 2 aromatic carbocycles. The summed E-state index contributed by atoms with van der Waals surface area (Å²) in [5.74, 6) is -0.121. The average Bonchev–Trinajstić information content (AvgIpc) is 3.54. The van der Waals surface area contributed by atoms with E-state index in [9.17, 15) is 14.9 Å². The van der Waals surface area contributed by atoms with Gasteiger partial charge in [-0.15, -0.1) is 0 Å². The Morgan fingerprint density at radius 2 is 1.55 bits per heavy atom. The molecule has 2 aromatic rings. The molecule has 6 heteroatoms. The maximum Gasteiger partial charge on any atom is 0.410 e. The summed E-state index contributed by atoms with van der Waals surface area (Å²) in [5.41, 5.74) is 4.70. The van der Waals surface area contributed by atoms with Crippen molar-refractivity contribution < 1.29 is 14.3 Å². The van der Waals surface area contributed by atoms with Crippen LogP contribution in [0.1, 0.15) is 42.7 Å². The number of hydrogen-bond acceptors (Lipinski definition) is 4. The van der Waals surface area contributed by atoms with Crippen molar-refractivity contribution in [1.82, 2.24) is 9.80 Å². The minimum Gasteiger partial charge on any atom is -0.448 e. The summed E-state index contributed by atoms with van der Waals surface area (Å²) in [6.45, 7) is 1.35. The Balaban J connectivity index is 1.30. The first-order valence-electron chi connectivity index (χ1n) is 11.0. The van der Waals surface area contributed by atoms with Gasteiger partial charge in [0.1, 0.15) is 18.7 Å². The SMILES string of the molecule is N#C[C@@H]1CCCN1C(=O)[C@@H]1CCCN1C(=O)OCC1c2ccccc2-c2ccccc21. The van der Waals surface area contributed by atoms with Crippen LogP contribution in [0.15, 0.2) is 48.5 Å². The molecule has 1 aliphatic carbocycles. The third kappa shape index (κ3) is 3.34. The zero-order chi connectivity index (χ0) is 21.4. The van der Waals surface area contributed by atoms with Crippen molar-refractivity contribution in [3.05, 3.63) is 59.7 Å². The van der Waals surface area contributed by atoms with Crippen molar-refractivity contribution in [2.45, 2.75) is 43.7 Å². The van der Waals surface area contributed by atoms with Gasteiger partial charge in [-0.25, -0.2) is 4.79 Å². The summed E-state index contributed by atoms with van der Waals surface area (Å²) < 4.78 is 5.77. The highest BCUT2D eigenvalue weighted by Crippen LogP contribution is 2.44. The molecule has 0 unspecified atom stereocenters. The molecule has 3 aliphatic rings. The molecule has 0 saturated carbocycles. The minimum absolute atomic E-state index is 0.00495. The molecule has 2 heterocycles. The molecule has 0 N–H and O–H groups in total. The van der Waals surface area contributed by atoms with Crippen molar-refractivity contribution in [3.8, 4) is 17.2 Å². The number of carbonyl (C=O) groups excluding carboxylic acids is 2. The molecular formula is C25H25N3O3. The van der Waals surface area contributed by atoms with Gasteiger partial charge in [0.15, 0.2) is 0 Å². The summed E-state index contributed by atoms with van der Waals surface area (Å²) in [6.07, 6.45) is 2.50. The van der Waals surface area contributed by atoms with Gasteiger partial charge in [0, 0.05) is 19.0 Å². The minimum atomic E-state index is -0.524. The van der Waals surface area contributed by atoms with E-state index < -0.39 is 12.1 Å². The van der Waals surface area contributed by atoms with E-state index in [4.69, 9.17) is 4.74 Å². The van der Waals surface area contributed by atoms with E-state index in [0.29, 0.717) is 25.9 Å². The van der Waals surface area contributed by atoms with E-state index in [0.717, 1.165) is 12.8 Å². The lowest BCUT2D eigenvalue weighted by Gasteiger charge is -2.29. The Morgan fingerprint density at radius 3 is 2.23 bits per heavy atom. The average molecular weight is 415 g/mol. The van der Waals surface area contributed by atoms with Crippen LogP contribution in [0, 0.1) is 11.3 Å². The number of nitriles is 1. The van der Waals surface area contributed by atoms with E-state index in [-0.39, 0.29) is 24.5 Å². The second-order valence-corrected chi connectivity index (χ2v) is 8.47. The van der Waals surface area contributed by atoms with Crippen molar-refractivity contribution in [1.29, 1.82) is 5.26 Å². The summed E-state index contributed by atoms with van der Waals surface area (Å²) in [4.78, 5) is 29.2. The zero-order valence-corrected chi connectivity index (χ0v) is 17.4. The summed E-state index contributed by atoms with van der Waals surface area (Å²) >= 11 is 0. The van der Waals surface area contributed by atoms with Gasteiger partial charge >= 0.3 is 6.09 Å². The Bertz CT molecular complexity index is 1010. The van der Waals surface area contributed by atoms with E-state index in [1.165, 1.54) is 22.3 Å². The van der Waals surface area contributed by atoms with Gasteiger partial charge < -0.3 is 9.64 Å². The Morgan fingerprint density at radius 1 is 0.935 bits per heavy atom. The van der Waals surface area contributed by atoms with Gasteiger partial charge in [0.2, 0.25) is 5.91 Å². The van der Waals surface area contributed by atoms with Gasteiger partial charge in [-0.05, 0) is 47.9 Å². The fraction of sp³-hybridized carbons (Fsp3) is 0.400. The van der Waals surface area contributed by atoms with Crippen LogP contribution in [-0.4, -0.2) is 53.6 Å². The van der Waals surface area contributed by atoms with Crippen molar-refractivity contribution >= 4 is 12.0 Å². The number of carbonyl (C=O) groups is 2. The van der Waals surface area contributed by atoms with Gasteiger partial charge in [-0.2, -0.15) is 5.26 Å². The smallest absolute Gasteiger partial charge is 0.410 e. The molecule has 0 radical (unpaired) electrons. The second-order valence-electron chi connectivity index (χ2n) is 8.47. The number of amides is 2. The third-order valence-corrected chi connectivity index (χ3v) is 6.79. The van der Waals surface area contributed by atoms with Gasteiger partial charge in [-0.1, -0.05) is 48.5 Å². The Hall–Kier alpha value is -3.33. The summed E-state index contributed by atoms with van der Waals surface area (Å²) in [6, 6.07) is 17.8. The van der Waals surface area contributed by atoms with Crippen molar-refractivity contribution in [3.63, 3.8) is 0 Å². The number of benzene rings is 2. The topological polar surface area (TPSA) is 73.6 Å². The van der Waals surface area contributed by atoms with Crippen LogP contribution in [-0.2, 0) is 9.53 Å². The number of ether oxygens (including phenoxy) is 1. The van der Waals surface area contributed by atoms with Crippen molar-refractivity contribution in [2.75, 3.05) is 19.7 Å². The zero-order valence-electron chi connectivity index (χ0n) is 17.4. The lowest BCUT2D eigenvalue weighted by atomic mass is 9.98. The molecule has 2 atom stereocenters. The highest BCUT2D eigenvalue weighted by Gasteiger charge is 2.41. The standard InChI is InChI=1S/C25H25N3O3/c26-15-17-7-5-13-27(17)24(29)23-12-6-14-28(23)25(30)31-16-22-20-10-3-1-8-18(20)19-9-2-4-11-21(19)22/h1-4,8-11,17,22-23H,5-7,12-14,16H2/t17-,23-/m0/s1. The number of rotatable bonds is 3. The Kier molecular flexibility index (Phi) is 5.11. The number of fused-ring (bicyclic) bond motifs is 3. The van der Waals surface area contributed by atoms with Gasteiger partial charge in [-0.3, -0.25) is 9.69 Å². The van der Waals surface area contributed by atoms with Crippen LogP contribution >= 0.6 is 0 Å². The molecule has 2 saturated heterocycles. The van der Waals surface area contributed by atoms with Crippen LogP contribution in [0.5, 0.6) is 0 Å². The molecule has 2 fully saturated rings. The van der Waals surface area contributed by atoms with Crippen LogP contribution < -0.4 is 0 Å². The normalized spacial score (nSPS) is 22.2. The van der Waals surface area contributed by atoms with Crippen LogP contribution in [0.25, 0.3) is 11.1 Å². The maximum absolute atomic E-state index is 13.0. The first kappa shape index (κ1) is 19.6. The number of likely N-dealkylation sites (tertiary alicyclic amines) is 2. The fourth-order valence-electron chi connectivity index (χ4n) is 5.27. The molecule has 5 rings (SSSR count). The largest absolute Gasteiger partial charge is 0.448 e. The molecule has 2 amide bonds. The molecule has 6 nitrogen and oxygen atoms in total. The predicted octanol–water partition coefficient (Wildman–Crippen LogP) is 3.91. The van der Waals surface area contributed by atoms with E-state index in [1.807, 2.05) is 24.3 Å². The second kappa shape index (κ2) is 8.07. The number of nitrogens with zero attached hydrogens (tertiary/aromatic N) is 3. The van der Waals surface area contributed by atoms with Crippen LogP contribution in [0.2, 0.25) is 0 Å². The maximum atomic E-state index is 13.0. The predicted molar refractivity (Wildman–Crippen MR) is 115 cm³/mol. The van der Waals surface area contributed by atoms with Crippen molar-refractivity contribution in [2.24, 2.45) is 0 Å². The molecule has 2 aliphatic heterocycles. The summed E-state index contributed by atoms with van der Waals surface area (Å²) in [7, 11) is 0. The first-order chi connectivity index (χ1) is 15.2. The monoisotopic (exact) mass is 415 g/mol. The fourth-order valence-corrected chi connectivity index (χ4v) is 5.27. The lowest BCUT2D eigenvalue weighted by Crippen LogP contribution is -2.49. The number of hydrogen-bond donors (Lipinski definition) is 0.